The van der Waals surface area contributed by atoms with E-state index < -0.39 is 11.9 Å². The molecule has 1 aromatic carbocycles. The van der Waals surface area contributed by atoms with Crippen molar-refractivity contribution in [1.29, 1.82) is 5.26 Å². The number of benzene rings is 1. The van der Waals surface area contributed by atoms with Crippen LogP contribution >= 0.6 is 0 Å². The molecule has 1 aromatic rings. The maximum atomic E-state index is 11.4. The highest BCUT2D eigenvalue weighted by Crippen LogP contribution is 2.19. The Morgan fingerprint density at radius 1 is 1.53 bits per heavy atom. The third-order valence-electron chi connectivity index (χ3n) is 1.88. The summed E-state index contributed by atoms with van der Waals surface area (Å²) in [5.74, 6) is -1.39. The van der Waals surface area contributed by atoms with E-state index >= 15 is 0 Å². The van der Waals surface area contributed by atoms with Crippen molar-refractivity contribution in [2.75, 3.05) is 6.61 Å². The Bertz CT molecular complexity index is 378. The van der Waals surface area contributed by atoms with Crippen molar-refractivity contribution in [2.24, 2.45) is 0 Å². The minimum absolute atomic E-state index is 0.0966. The molecule has 1 unspecified atom stereocenters. The van der Waals surface area contributed by atoms with Gasteiger partial charge in [-0.25, -0.2) is 0 Å². The summed E-state index contributed by atoms with van der Waals surface area (Å²) >= 11 is 0. The maximum absolute atomic E-state index is 11.4. The molecular formula is C11H11NO3. The molecule has 1 atom stereocenters. The molecule has 0 radical (unpaired) electrons. The van der Waals surface area contributed by atoms with Crippen LogP contribution in [-0.2, 0) is 9.53 Å². The highest BCUT2D eigenvalue weighted by molar-refractivity contribution is 5.81. The van der Waals surface area contributed by atoms with Gasteiger partial charge in [-0.05, 0) is 24.6 Å². The van der Waals surface area contributed by atoms with E-state index in [4.69, 9.17) is 15.1 Å². The summed E-state index contributed by atoms with van der Waals surface area (Å²) in [5, 5.41) is 17.9. The number of hydrogen-bond donors (Lipinski definition) is 1. The Morgan fingerprint density at radius 3 is 2.60 bits per heavy atom. The van der Waals surface area contributed by atoms with Gasteiger partial charge in [0.1, 0.15) is 5.75 Å². The summed E-state index contributed by atoms with van der Waals surface area (Å²) in [6.07, 6.45) is 0. The summed E-state index contributed by atoms with van der Waals surface area (Å²) in [6, 6.07) is 7.78. The number of aromatic hydroxyl groups is 1. The van der Waals surface area contributed by atoms with Crippen molar-refractivity contribution < 1.29 is 14.6 Å². The topological polar surface area (TPSA) is 70.3 Å². The van der Waals surface area contributed by atoms with Crippen molar-refractivity contribution in [3.05, 3.63) is 29.8 Å². The number of rotatable bonds is 3. The van der Waals surface area contributed by atoms with Crippen molar-refractivity contribution in [2.45, 2.75) is 12.8 Å². The molecule has 0 fully saturated rings. The summed E-state index contributed by atoms with van der Waals surface area (Å²) in [7, 11) is 0. The number of nitrogens with zero attached hydrogens (tertiary/aromatic N) is 1. The molecule has 4 heteroatoms. The van der Waals surface area contributed by atoms with E-state index in [1.54, 1.807) is 6.92 Å². The number of esters is 1. The first-order valence-electron chi connectivity index (χ1n) is 4.54. The van der Waals surface area contributed by atoms with E-state index in [1.165, 1.54) is 24.3 Å². The Morgan fingerprint density at radius 2 is 2.13 bits per heavy atom. The third kappa shape index (κ3) is 2.71. The lowest BCUT2D eigenvalue weighted by Gasteiger charge is -2.08. The second kappa shape index (κ2) is 5.01. The molecule has 0 spiro atoms. The van der Waals surface area contributed by atoms with Gasteiger partial charge in [0.15, 0.2) is 5.92 Å². The normalized spacial score (nSPS) is 11.5. The van der Waals surface area contributed by atoms with Crippen LogP contribution in [0, 0.1) is 11.3 Å². The Hall–Kier alpha value is -2.02. The number of hydrogen-bond acceptors (Lipinski definition) is 4. The first kappa shape index (κ1) is 11.1. The molecule has 0 aliphatic heterocycles. The average molecular weight is 205 g/mol. The number of carbonyl (C=O) groups is 1. The van der Waals surface area contributed by atoms with Gasteiger partial charge in [0.05, 0.1) is 12.7 Å². The van der Waals surface area contributed by atoms with Crippen molar-refractivity contribution in [1.82, 2.24) is 0 Å². The minimum atomic E-state index is -0.925. The summed E-state index contributed by atoms with van der Waals surface area (Å²) in [4.78, 5) is 11.4. The fraction of sp³-hybridized carbons (Fsp3) is 0.273. The van der Waals surface area contributed by atoms with Gasteiger partial charge >= 0.3 is 5.97 Å². The van der Waals surface area contributed by atoms with Gasteiger partial charge < -0.3 is 9.84 Å². The SMILES string of the molecule is CCOC(=O)C(C#N)c1ccc(O)cc1. The second-order valence-corrected chi connectivity index (χ2v) is 2.91. The third-order valence-corrected chi connectivity index (χ3v) is 1.88. The number of ether oxygens (including phenoxy) is 1. The fourth-order valence-corrected chi connectivity index (χ4v) is 1.16. The number of phenols is 1. The highest BCUT2D eigenvalue weighted by Gasteiger charge is 2.21. The van der Waals surface area contributed by atoms with Crippen LogP contribution in [0.25, 0.3) is 0 Å². The lowest BCUT2D eigenvalue weighted by Crippen LogP contribution is -2.14. The second-order valence-electron chi connectivity index (χ2n) is 2.91. The Kier molecular flexibility index (Phi) is 3.69. The van der Waals surface area contributed by atoms with Gasteiger partial charge in [-0.15, -0.1) is 0 Å². The fourth-order valence-electron chi connectivity index (χ4n) is 1.16. The van der Waals surface area contributed by atoms with Crippen LogP contribution in [0.15, 0.2) is 24.3 Å². The summed E-state index contributed by atoms with van der Waals surface area (Å²) < 4.78 is 4.76. The van der Waals surface area contributed by atoms with Crippen LogP contribution in [0.4, 0.5) is 0 Å². The molecule has 0 saturated carbocycles. The number of nitriles is 1. The zero-order valence-electron chi connectivity index (χ0n) is 8.30. The number of carbonyl (C=O) groups excluding carboxylic acids is 1. The van der Waals surface area contributed by atoms with Crippen LogP contribution in [0.1, 0.15) is 18.4 Å². The van der Waals surface area contributed by atoms with E-state index in [0.717, 1.165) is 0 Å². The quantitative estimate of drug-likeness (QED) is 0.760. The predicted octanol–water partition coefficient (Wildman–Crippen LogP) is 1.56. The Labute approximate surface area is 87.7 Å². The van der Waals surface area contributed by atoms with Crippen molar-refractivity contribution >= 4 is 5.97 Å². The summed E-state index contributed by atoms with van der Waals surface area (Å²) in [6.45, 7) is 1.93. The molecule has 4 nitrogen and oxygen atoms in total. The van der Waals surface area contributed by atoms with Crippen LogP contribution in [-0.4, -0.2) is 17.7 Å². The zero-order valence-corrected chi connectivity index (χ0v) is 8.30. The van der Waals surface area contributed by atoms with Gasteiger partial charge in [-0.3, -0.25) is 4.79 Å². The highest BCUT2D eigenvalue weighted by atomic mass is 16.5. The number of phenolic OH excluding ortho intramolecular Hbond substituents is 1. The average Bonchev–Trinajstić information content (AvgIpc) is 2.22. The molecule has 0 aliphatic carbocycles. The monoisotopic (exact) mass is 205 g/mol. The van der Waals surface area contributed by atoms with Gasteiger partial charge in [-0.1, -0.05) is 12.1 Å². The van der Waals surface area contributed by atoms with Crippen molar-refractivity contribution in [3.63, 3.8) is 0 Å². The Balaban J connectivity index is 2.89. The minimum Gasteiger partial charge on any atom is -0.508 e. The molecule has 0 heterocycles. The standard InChI is InChI=1S/C11H11NO3/c1-2-15-11(14)10(7-12)8-3-5-9(13)6-4-8/h3-6,10,13H,2H2,1H3. The molecule has 0 aromatic heterocycles. The van der Waals surface area contributed by atoms with E-state index in [0.29, 0.717) is 5.56 Å². The molecular weight excluding hydrogens is 194 g/mol. The van der Waals surface area contributed by atoms with E-state index in [-0.39, 0.29) is 12.4 Å². The van der Waals surface area contributed by atoms with Gasteiger partial charge in [0, 0.05) is 0 Å². The molecule has 0 amide bonds. The van der Waals surface area contributed by atoms with E-state index in [9.17, 15) is 4.79 Å². The predicted molar refractivity (Wildman–Crippen MR) is 53.1 cm³/mol. The maximum Gasteiger partial charge on any atom is 0.327 e. The first-order valence-corrected chi connectivity index (χ1v) is 4.54. The molecule has 0 saturated heterocycles. The molecule has 0 bridgehead atoms. The smallest absolute Gasteiger partial charge is 0.327 e. The van der Waals surface area contributed by atoms with Crippen LogP contribution < -0.4 is 0 Å². The molecule has 15 heavy (non-hydrogen) atoms. The molecule has 1 N–H and O–H groups in total. The van der Waals surface area contributed by atoms with Gasteiger partial charge in [-0.2, -0.15) is 5.26 Å². The van der Waals surface area contributed by atoms with Gasteiger partial charge in [0.2, 0.25) is 0 Å². The van der Waals surface area contributed by atoms with Crippen LogP contribution in [0.2, 0.25) is 0 Å². The lowest BCUT2D eigenvalue weighted by atomic mass is 10.0. The summed E-state index contributed by atoms with van der Waals surface area (Å²) in [5.41, 5.74) is 0.522. The van der Waals surface area contributed by atoms with Crippen LogP contribution in [0.3, 0.4) is 0 Å². The zero-order chi connectivity index (χ0) is 11.3. The molecule has 0 aliphatic rings. The largest absolute Gasteiger partial charge is 0.508 e. The van der Waals surface area contributed by atoms with Gasteiger partial charge in [0.25, 0.3) is 0 Å². The first-order chi connectivity index (χ1) is 7.19. The van der Waals surface area contributed by atoms with E-state index in [2.05, 4.69) is 0 Å². The van der Waals surface area contributed by atoms with E-state index in [1.807, 2.05) is 6.07 Å². The molecule has 78 valence electrons. The van der Waals surface area contributed by atoms with Crippen LogP contribution in [0.5, 0.6) is 5.75 Å². The van der Waals surface area contributed by atoms with Crippen molar-refractivity contribution in [3.8, 4) is 11.8 Å². The lowest BCUT2D eigenvalue weighted by molar-refractivity contribution is -0.143. The molecule has 1 rings (SSSR count).